The number of nitrogens with two attached hydrogens (primary N) is 2. The van der Waals surface area contributed by atoms with Crippen LogP contribution >= 0.6 is 0 Å². The van der Waals surface area contributed by atoms with Gasteiger partial charge in [-0.3, -0.25) is 0 Å². The minimum Gasteiger partial charge on any atom is -0.394 e. The van der Waals surface area contributed by atoms with Gasteiger partial charge in [0.2, 0.25) is 0 Å². The minimum absolute atomic E-state index is 0.0358. The fraction of sp³-hybridized carbons (Fsp3) is 0.235. The van der Waals surface area contributed by atoms with Crippen LogP contribution in [0.1, 0.15) is 16.7 Å². The van der Waals surface area contributed by atoms with E-state index in [0.717, 1.165) is 5.12 Å². The lowest BCUT2D eigenvalue weighted by Gasteiger charge is -2.17. The lowest BCUT2D eigenvalue weighted by atomic mass is 10.1. The number of hydrazone groups is 1. The van der Waals surface area contributed by atoms with Gasteiger partial charge in [0.05, 0.1) is 24.3 Å². The summed E-state index contributed by atoms with van der Waals surface area (Å²) in [4.78, 5) is 0. The Balaban J connectivity index is 2.47. The van der Waals surface area contributed by atoms with Crippen LogP contribution in [0, 0.1) is 0 Å². The number of amidine groups is 1. The molecular formula is C17H17F6N5O. The van der Waals surface area contributed by atoms with E-state index >= 15 is 0 Å². The number of para-hydroxylation sites is 1. The zero-order chi connectivity index (χ0) is 21.8. The van der Waals surface area contributed by atoms with Gasteiger partial charge in [-0.05, 0) is 30.3 Å². The van der Waals surface area contributed by atoms with Crippen LogP contribution in [0.2, 0.25) is 0 Å². The van der Waals surface area contributed by atoms with Gasteiger partial charge in [0.1, 0.15) is 0 Å². The SMILES string of the molecule is N/C(=N\N(N)CCO)c1ccccc1Nc1cc(C(F)(F)F)cc(C(F)(F)F)c1. The Kier molecular flexibility index (Phi) is 6.59. The zero-order valence-corrected chi connectivity index (χ0v) is 14.7. The average Bonchev–Trinajstić information content (AvgIpc) is 2.60. The Hall–Kier alpha value is -2.99. The van der Waals surface area contributed by atoms with Crippen LogP contribution in [-0.2, 0) is 12.4 Å². The lowest BCUT2D eigenvalue weighted by Crippen LogP contribution is -2.32. The van der Waals surface area contributed by atoms with Gasteiger partial charge in [-0.1, -0.05) is 12.1 Å². The first-order valence-electron chi connectivity index (χ1n) is 8.05. The predicted octanol–water partition coefficient (Wildman–Crippen LogP) is 3.26. The zero-order valence-electron chi connectivity index (χ0n) is 14.7. The summed E-state index contributed by atoms with van der Waals surface area (Å²) in [6.45, 7) is -0.351. The van der Waals surface area contributed by atoms with E-state index in [0.29, 0.717) is 12.1 Å². The molecule has 2 rings (SSSR count). The Labute approximate surface area is 161 Å². The molecule has 0 saturated heterocycles. The van der Waals surface area contributed by atoms with E-state index in [1.807, 2.05) is 0 Å². The van der Waals surface area contributed by atoms with Crippen molar-refractivity contribution >= 4 is 17.2 Å². The number of hydrogen-bond donors (Lipinski definition) is 4. The first-order valence-corrected chi connectivity index (χ1v) is 8.05. The van der Waals surface area contributed by atoms with Crippen molar-refractivity contribution in [1.82, 2.24) is 5.12 Å². The largest absolute Gasteiger partial charge is 0.416 e. The molecule has 12 heteroatoms. The summed E-state index contributed by atoms with van der Waals surface area (Å²) in [6, 6.07) is 7.05. The molecule has 0 amide bonds. The Morgan fingerprint density at radius 3 is 2.07 bits per heavy atom. The van der Waals surface area contributed by atoms with Crippen LogP contribution < -0.4 is 16.9 Å². The van der Waals surface area contributed by atoms with Crippen LogP contribution in [0.5, 0.6) is 0 Å². The molecule has 0 aliphatic carbocycles. The van der Waals surface area contributed by atoms with Crippen LogP contribution in [0.4, 0.5) is 37.7 Å². The van der Waals surface area contributed by atoms with Crippen molar-refractivity contribution in [2.75, 3.05) is 18.5 Å². The van der Waals surface area contributed by atoms with E-state index in [-0.39, 0.29) is 36.3 Å². The van der Waals surface area contributed by atoms with Crippen molar-refractivity contribution < 1.29 is 31.4 Å². The smallest absolute Gasteiger partial charge is 0.394 e. The molecule has 0 aromatic heterocycles. The molecule has 2 aromatic carbocycles. The topological polar surface area (TPSA) is 99.9 Å². The van der Waals surface area contributed by atoms with Gasteiger partial charge in [-0.2, -0.15) is 26.3 Å². The quantitative estimate of drug-likeness (QED) is 0.189. The average molecular weight is 421 g/mol. The predicted molar refractivity (Wildman–Crippen MR) is 94.9 cm³/mol. The number of halogens is 6. The molecule has 0 bridgehead atoms. The van der Waals surface area contributed by atoms with Crippen molar-refractivity contribution in [2.45, 2.75) is 12.4 Å². The van der Waals surface area contributed by atoms with E-state index in [1.54, 1.807) is 6.07 Å². The van der Waals surface area contributed by atoms with Gasteiger partial charge in [-0.15, -0.1) is 5.10 Å². The number of hydrazine groups is 1. The molecule has 29 heavy (non-hydrogen) atoms. The summed E-state index contributed by atoms with van der Waals surface area (Å²) in [6.07, 6.45) is -9.94. The van der Waals surface area contributed by atoms with Gasteiger partial charge in [0, 0.05) is 16.9 Å². The maximum absolute atomic E-state index is 13.0. The molecule has 0 fully saturated rings. The normalized spacial score (nSPS) is 12.8. The van der Waals surface area contributed by atoms with Crippen molar-refractivity contribution in [3.63, 3.8) is 0 Å². The highest BCUT2D eigenvalue weighted by Crippen LogP contribution is 2.38. The third kappa shape index (κ3) is 5.99. The fourth-order valence-electron chi connectivity index (χ4n) is 2.34. The standard InChI is InChI=1S/C17H17F6N5O/c18-16(19,20)10-7-11(17(21,22)23)9-12(8-10)26-14-4-2-1-3-13(14)15(24)27-28(25)5-6-29/h1-4,7-9,26,29H,5-6,25H2,(H2,24,27). The van der Waals surface area contributed by atoms with Gasteiger partial charge in [-0.25, -0.2) is 11.0 Å². The number of rotatable bonds is 6. The maximum Gasteiger partial charge on any atom is 0.416 e. The fourth-order valence-corrected chi connectivity index (χ4v) is 2.34. The Morgan fingerprint density at radius 2 is 1.55 bits per heavy atom. The van der Waals surface area contributed by atoms with Crippen molar-refractivity contribution in [3.05, 3.63) is 59.2 Å². The molecular weight excluding hydrogens is 404 g/mol. The van der Waals surface area contributed by atoms with Crippen molar-refractivity contribution in [3.8, 4) is 0 Å². The van der Waals surface area contributed by atoms with Gasteiger partial charge in [0.25, 0.3) is 0 Å². The van der Waals surface area contributed by atoms with Crippen LogP contribution in [0.15, 0.2) is 47.6 Å². The number of anilines is 2. The highest BCUT2D eigenvalue weighted by molar-refractivity contribution is 6.02. The first kappa shape index (κ1) is 22.3. The molecule has 6 nitrogen and oxygen atoms in total. The molecule has 6 N–H and O–H groups in total. The van der Waals surface area contributed by atoms with E-state index in [2.05, 4.69) is 10.4 Å². The van der Waals surface area contributed by atoms with E-state index in [9.17, 15) is 26.3 Å². The summed E-state index contributed by atoms with van der Waals surface area (Å²) in [7, 11) is 0. The number of nitrogens with one attached hydrogen (secondary N) is 1. The monoisotopic (exact) mass is 421 g/mol. The highest BCUT2D eigenvalue weighted by atomic mass is 19.4. The van der Waals surface area contributed by atoms with Gasteiger partial charge >= 0.3 is 12.4 Å². The van der Waals surface area contributed by atoms with Crippen LogP contribution in [0.3, 0.4) is 0 Å². The third-order valence-corrected chi connectivity index (χ3v) is 3.63. The van der Waals surface area contributed by atoms with Crippen LogP contribution in [0.25, 0.3) is 0 Å². The highest BCUT2D eigenvalue weighted by Gasteiger charge is 2.37. The second-order valence-electron chi connectivity index (χ2n) is 5.84. The molecule has 0 unspecified atom stereocenters. The second kappa shape index (κ2) is 8.57. The first-order chi connectivity index (χ1) is 13.4. The summed E-state index contributed by atoms with van der Waals surface area (Å²) in [5.74, 6) is 5.34. The number of alkyl halides is 6. The second-order valence-corrected chi connectivity index (χ2v) is 5.84. The number of aliphatic hydroxyl groups is 1. The third-order valence-electron chi connectivity index (χ3n) is 3.63. The molecule has 0 aliphatic rings. The summed E-state index contributed by atoms with van der Waals surface area (Å²) in [5.41, 5.74) is 2.78. The molecule has 158 valence electrons. The molecule has 0 radical (unpaired) electrons. The molecule has 0 aliphatic heterocycles. The van der Waals surface area contributed by atoms with E-state index < -0.39 is 29.2 Å². The number of aliphatic hydroxyl groups excluding tert-OH is 1. The Bertz CT molecular complexity index is 849. The molecule has 2 aromatic rings. The summed E-state index contributed by atoms with van der Waals surface area (Å²) < 4.78 is 78.1. The summed E-state index contributed by atoms with van der Waals surface area (Å²) in [5, 5.41) is 16.0. The summed E-state index contributed by atoms with van der Waals surface area (Å²) >= 11 is 0. The van der Waals surface area contributed by atoms with Crippen molar-refractivity contribution in [2.24, 2.45) is 16.7 Å². The molecule has 0 heterocycles. The van der Waals surface area contributed by atoms with Gasteiger partial charge < -0.3 is 16.2 Å². The number of benzene rings is 2. The molecule has 0 spiro atoms. The Morgan fingerprint density at radius 1 is 1.00 bits per heavy atom. The number of hydrogen-bond acceptors (Lipinski definition) is 5. The van der Waals surface area contributed by atoms with E-state index in [4.69, 9.17) is 16.7 Å². The van der Waals surface area contributed by atoms with E-state index in [1.165, 1.54) is 18.2 Å². The van der Waals surface area contributed by atoms with Crippen LogP contribution in [-0.4, -0.2) is 29.2 Å². The van der Waals surface area contributed by atoms with Crippen molar-refractivity contribution in [1.29, 1.82) is 0 Å². The lowest BCUT2D eigenvalue weighted by molar-refractivity contribution is -0.143. The van der Waals surface area contributed by atoms with Gasteiger partial charge in [0.15, 0.2) is 5.84 Å². The molecule has 0 saturated carbocycles. The maximum atomic E-state index is 13.0. The number of nitrogens with zero attached hydrogens (tertiary/aromatic N) is 2. The minimum atomic E-state index is -4.97. The molecule has 0 atom stereocenters.